The molecule has 0 aromatic carbocycles. The highest BCUT2D eigenvalue weighted by Crippen LogP contribution is 2.13. The van der Waals surface area contributed by atoms with Crippen LogP contribution in [0.1, 0.15) is 73.6 Å². The van der Waals surface area contributed by atoms with Crippen LogP contribution in [-0.4, -0.2) is 71.6 Å². The number of ether oxygens (including phenoxy) is 3. The number of esters is 2. The lowest BCUT2D eigenvalue weighted by molar-refractivity contribution is -0.158. The maximum Gasteiger partial charge on any atom is 0.407 e. The minimum absolute atomic E-state index is 0.0774. The van der Waals surface area contributed by atoms with Gasteiger partial charge >= 0.3 is 30.0 Å². The van der Waals surface area contributed by atoms with Gasteiger partial charge in [-0.05, 0) is 67.2 Å². The molecule has 2 atom stereocenters. The first-order valence-corrected chi connectivity index (χ1v) is 11.8. The van der Waals surface area contributed by atoms with Gasteiger partial charge in [0.2, 0.25) is 0 Å². The van der Waals surface area contributed by atoms with Crippen LogP contribution in [0.5, 0.6) is 0 Å². The zero-order chi connectivity index (χ0) is 27.9. The molecule has 206 valence electrons. The van der Waals surface area contributed by atoms with Crippen LogP contribution in [0.15, 0.2) is 12.7 Å². The van der Waals surface area contributed by atoms with Crippen molar-refractivity contribution >= 4 is 30.0 Å². The van der Waals surface area contributed by atoms with E-state index in [9.17, 15) is 29.1 Å². The molecule has 36 heavy (non-hydrogen) atoms. The van der Waals surface area contributed by atoms with E-state index >= 15 is 0 Å². The predicted molar refractivity (Wildman–Crippen MR) is 131 cm³/mol. The van der Waals surface area contributed by atoms with Gasteiger partial charge in [-0.3, -0.25) is 4.79 Å². The predicted octanol–water partition coefficient (Wildman–Crippen LogP) is 2.65. The summed E-state index contributed by atoms with van der Waals surface area (Å²) >= 11 is 0. The summed E-state index contributed by atoms with van der Waals surface area (Å²) in [5.41, 5.74) is -1.55. The Kier molecular flexibility index (Phi) is 14.2. The van der Waals surface area contributed by atoms with Crippen molar-refractivity contribution in [2.75, 3.05) is 13.2 Å². The van der Waals surface area contributed by atoms with Crippen molar-refractivity contribution in [2.24, 2.45) is 0 Å². The molecule has 0 heterocycles. The number of aliphatic carboxylic acids is 1. The van der Waals surface area contributed by atoms with Gasteiger partial charge in [-0.25, -0.2) is 19.2 Å². The van der Waals surface area contributed by atoms with Crippen LogP contribution < -0.4 is 16.0 Å². The summed E-state index contributed by atoms with van der Waals surface area (Å²) in [4.78, 5) is 60.1. The Morgan fingerprint density at radius 3 is 2.00 bits per heavy atom. The Morgan fingerprint density at radius 1 is 0.889 bits per heavy atom. The Bertz CT molecular complexity index is 770. The first kappa shape index (κ1) is 32.7. The van der Waals surface area contributed by atoms with E-state index in [0.29, 0.717) is 12.8 Å². The molecule has 4 N–H and O–H groups in total. The van der Waals surface area contributed by atoms with Gasteiger partial charge in [-0.2, -0.15) is 0 Å². The van der Waals surface area contributed by atoms with Crippen LogP contribution in [-0.2, 0) is 28.6 Å². The van der Waals surface area contributed by atoms with Crippen molar-refractivity contribution in [3.05, 3.63) is 12.7 Å². The van der Waals surface area contributed by atoms with Crippen LogP contribution in [0.3, 0.4) is 0 Å². The quantitative estimate of drug-likeness (QED) is 0.118. The third kappa shape index (κ3) is 17.2. The fourth-order valence-corrected chi connectivity index (χ4v) is 2.74. The zero-order valence-corrected chi connectivity index (χ0v) is 22.1. The summed E-state index contributed by atoms with van der Waals surface area (Å²) in [6.07, 6.45) is 1.48. The third-order valence-electron chi connectivity index (χ3n) is 4.18. The lowest BCUT2D eigenvalue weighted by Crippen LogP contribution is -2.52. The van der Waals surface area contributed by atoms with Gasteiger partial charge in [0.15, 0.2) is 0 Å². The number of alkyl carbamates (subject to hydrolysis) is 1. The van der Waals surface area contributed by atoms with Gasteiger partial charge in [0.1, 0.15) is 29.9 Å². The fraction of sp³-hybridized carbons (Fsp3) is 0.708. The Balaban J connectivity index is 4.92. The number of hydrogen-bond acceptors (Lipinski definition) is 8. The summed E-state index contributed by atoms with van der Waals surface area (Å²) in [6, 6.07) is -3.33. The minimum Gasteiger partial charge on any atom is -0.480 e. The summed E-state index contributed by atoms with van der Waals surface area (Å²) < 4.78 is 15.3. The van der Waals surface area contributed by atoms with Gasteiger partial charge in [-0.1, -0.05) is 12.7 Å². The molecule has 12 nitrogen and oxygen atoms in total. The molecule has 0 spiro atoms. The number of carboxylic acid groups (broad SMARTS) is 1. The van der Waals surface area contributed by atoms with Crippen LogP contribution in [0, 0.1) is 0 Å². The molecule has 0 saturated carbocycles. The molecule has 0 aromatic rings. The van der Waals surface area contributed by atoms with Crippen molar-refractivity contribution in [3.63, 3.8) is 0 Å². The van der Waals surface area contributed by atoms with E-state index in [-0.39, 0.29) is 32.4 Å². The number of nitrogens with one attached hydrogen (secondary N) is 3. The summed E-state index contributed by atoms with van der Waals surface area (Å²) in [5, 5.41) is 16.7. The first-order valence-electron chi connectivity index (χ1n) is 11.8. The van der Waals surface area contributed by atoms with Gasteiger partial charge in [0.05, 0.1) is 0 Å². The molecular formula is C24H41N3O9. The maximum atomic E-state index is 12.6. The van der Waals surface area contributed by atoms with Crippen LogP contribution in [0.25, 0.3) is 0 Å². The minimum atomic E-state index is -1.26. The van der Waals surface area contributed by atoms with Crippen molar-refractivity contribution in [3.8, 4) is 0 Å². The molecule has 3 amide bonds. The number of carbonyl (C=O) groups excluding carboxylic acids is 4. The van der Waals surface area contributed by atoms with E-state index in [0.717, 1.165) is 0 Å². The molecule has 0 rings (SSSR count). The number of urea groups is 1. The number of hydrogen-bond donors (Lipinski definition) is 4. The topological polar surface area (TPSA) is 169 Å². The second-order valence-corrected chi connectivity index (χ2v) is 10.0. The van der Waals surface area contributed by atoms with E-state index in [1.165, 1.54) is 6.08 Å². The van der Waals surface area contributed by atoms with E-state index in [4.69, 9.17) is 14.2 Å². The van der Waals surface area contributed by atoms with Gasteiger partial charge in [-0.15, -0.1) is 0 Å². The molecule has 0 bridgehead atoms. The van der Waals surface area contributed by atoms with E-state index < -0.39 is 53.3 Å². The van der Waals surface area contributed by atoms with Crippen LogP contribution in [0.4, 0.5) is 9.59 Å². The number of amides is 3. The maximum absolute atomic E-state index is 12.6. The van der Waals surface area contributed by atoms with Gasteiger partial charge in [0, 0.05) is 13.0 Å². The molecule has 0 aliphatic heterocycles. The second kappa shape index (κ2) is 15.6. The zero-order valence-electron chi connectivity index (χ0n) is 22.1. The van der Waals surface area contributed by atoms with Crippen molar-refractivity contribution in [1.82, 2.24) is 16.0 Å². The molecular weight excluding hydrogens is 474 g/mol. The number of carboxylic acids is 1. The highest BCUT2D eigenvalue weighted by Gasteiger charge is 2.29. The van der Waals surface area contributed by atoms with E-state index in [1.54, 1.807) is 41.5 Å². The van der Waals surface area contributed by atoms with Crippen LogP contribution in [0.2, 0.25) is 0 Å². The molecule has 0 radical (unpaired) electrons. The Morgan fingerprint density at radius 2 is 1.47 bits per heavy atom. The summed E-state index contributed by atoms with van der Waals surface area (Å²) in [6.45, 7) is 13.9. The van der Waals surface area contributed by atoms with Gasteiger partial charge < -0.3 is 35.3 Å². The highest BCUT2D eigenvalue weighted by molar-refractivity contribution is 5.87. The fourth-order valence-electron chi connectivity index (χ4n) is 2.74. The molecule has 0 aliphatic rings. The summed E-state index contributed by atoms with van der Waals surface area (Å²) in [5.74, 6) is -2.57. The summed E-state index contributed by atoms with van der Waals surface area (Å²) in [7, 11) is 0. The Hall–Kier alpha value is -3.31. The van der Waals surface area contributed by atoms with E-state index in [2.05, 4.69) is 22.5 Å². The number of rotatable bonds is 14. The third-order valence-corrected chi connectivity index (χ3v) is 4.18. The lowest BCUT2D eigenvalue weighted by atomic mass is 10.1. The van der Waals surface area contributed by atoms with Gasteiger partial charge in [0.25, 0.3) is 0 Å². The van der Waals surface area contributed by atoms with Crippen LogP contribution >= 0.6 is 0 Å². The molecule has 12 heteroatoms. The van der Waals surface area contributed by atoms with Crippen molar-refractivity contribution in [2.45, 2.75) is 96.9 Å². The first-order chi connectivity index (χ1) is 16.5. The molecule has 0 aliphatic carbocycles. The molecule has 0 fully saturated rings. The standard InChI is InChI=1S/C24H41N3O9/c1-8-15-34-22(33)25-14-10-9-11-16(19(29)30)26-21(32)27-17(20(31)36-24(5,6)7)12-13-18(28)35-23(2,3)4/h8,16-17H,1,9-15H2,2-7H3,(H,25,33)(H,29,30)(H2,26,27,32)/t16-,17-/m0/s1. The number of unbranched alkanes of at least 4 members (excludes halogenated alkanes) is 1. The smallest absolute Gasteiger partial charge is 0.407 e. The Labute approximate surface area is 212 Å². The van der Waals surface area contributed by atoms with Crippen molar-refractivity contribution < 1.29 is 43.3 Å². The number of carbonyl (C=O) groups is 5. The largest absolute Gasteiger partial charge is 0.480 e. The average Bonchev–Trinajstić information content (AvgIpc) is 2.71. The molecule has 0 saturated heterocycles. The lowest BCUT2D eigenvalue weighted by Gasteiger charge is -2.25. The highest BCUT2D eigenvalue weighted by atomic mass is 16.6. The van der Waals surface area contributed by atoms with Crippen molar-refractivity contribution in [1.29, 1.82) is 0 Å². The normalized spacial score (nSPS) is 12.9. The molecule has 0 unspecified atom stereocenters. The molecule has 0 aromatic heterocycles. The monoisotopic (exact) mass is 515 g/mol. The second-order valence-electron chi connectivity index (χ2n) is 10.0. The average molecular weight is 516 g/mol. The van der Waals surface area contributed by atoms with E-state index in [1.807, 2.05) is 0 Å². The SMILES string of the molecule is C=CCOC(=O)NCCCC[C@H](NC(=O)N[C@@H](CCC(=O)OC(C)(C)C)C(=O)OC(C)(C)C)C(=O)O.